The van der Waals surface area contributed by atoms with Gasteiger partial charge < -0.3 is 5.32 Å². The van der Waals surface area contributed by atoms with E-state index in [-0.39, 0.29) is 6.54 Å². The van der Waals surface area contributed by atoms with Gasteiger partial charge in [-0.15, -0.1) is 0 Å². The van der Waals surface area contributed by atoms with Gasteiger partial charge in [0.25, 0.3) is 5.91 Å². The number of halogens is 4. The largest absolute Gasteiger partial charge is 0.435 e. The highest BCUT2D eigenvalue weighted by Crippen LogP contribution is 2.30. The molecule has 0 fully saturated rings. The molecule has 4 nitrogen and oxygen atoms in total. The second kappa shape index (κ2) is 5.78. The van der Waals surface area contributed by atoms with Crippen LogP contribution in [0.2, 0.25) is 0 Å². The molecule has 0 saturated carbocycles. The van der Waals surface area contributed by atoms with E-state index in [0.29, 0.717) is 11.1 Å². The van der Waals surface area contributed by atoms with E-state index < -0.39 is 29.2 Å². The van der Waals surface area contributed by atoms with Crippen LogP contribution in [0.1, 0.15) is 27.2 Å². The maximum atomic E-state index is 13.4. The molecule has 1 heterocycles. The fourth-order valence-electron chi connectivity index (χ4n) is 1.89. The van der Waals surface area contributed by atoms with Crippen LogP contribution in [0.3, 0.4) is 0 Å². The highest BCUT2D eigenvalue weighted by Gasteiger charge is 2.38. The SMILES string of the molecule is Cc1ccc(CNC(=O)c2cn(C)nc2C(F)(F)F)cc1F. The first-order chi connectivity index (χ1) is 10.2. The lowest BCUT2D eigenvalue weighted by molar-refractivity contribution is -0.141. The third-order valence-electron chi connectivity index (χ3n) is 3.03. The number of hydrogen-bond acceptors (Lipinski definition) is 2. The third-order valence-corrected chi connectivity index (χ3v) is 3.03. The molecular weight excluding hydrogens is 302 g/mol. The molecule has 118 valence electrons. The molecule has 0 unspecified atom stereocenters. The Kier molecular flexibility index (Phi) is 4.20. The summed E-state index contributed by atoms with van der Waals surface area (Å²) in [5.41, 5.74) is -0.916. The second-order valence-corrected chi connectivity index (χ2v) is 4.83. The normalized spacial score (nSPS) is 11.5. The lowest BCUT2D eigenvalue weighted by Gasteiger charge is -2.08. The van der Waals surface area contributed by atoms with Gasteiger partial charge in [-0.2, -0.15) is 18.3 Å². The average molecular weight is 315 g/mol. The number of amides is 1. The van der Waals surface area contributed by atoms with Crippen LogP contribution in [0.25, 0.3) is 0 Å². The van der Waals surface area contributed by atoms with Crippen LogP contribution < -0.4 is 5.32 Å². The lowest BCUT2D eigenvalue weighted by atomic mass is 10.1. The van der Waals surface area contributed by atoms with Crippen molar-refractivity contribution in [3.8, 4) is 0 Å². The second-order valence-electron chi connectivity index (χ2n) is 4.83. The van der Waals surface area contributed by atoms with Crippen molar-refractivity contribution in [3.05, 3.63) is 52.6 Å². The molecule has 1 amide bonds. The molecule has 2 aromatic rings. The summed E-state index contributed by atoms with van der Waals surface area (Å²) in [5, 5.41) is 5.58. The van der Waals surface area contributed by atoms with Crippen molar-refractivity contribution in [2.75, 3.05) is 0 Å². The molecule has 2 rings (SSSR count). The summed E-state index contributed by atoms with van der Waals surface area (Å²) < 4.78 is 52.6. The fourth-order valence-corrected chi connectivity index (χ4v) is 1.89. The number of rotatable bonds is 3. The van der Waals surface area contributed by atoms with Crippen molar-refractivity contribution >= 4 is 5.91 Å². The van der Waals surface area contributed by atoms with Gasteiger partial charge in [-0.3, -0.25) is 9.48 Å². The minimum absolute atomic E-state index is 0.0811. The molecule has 0 spiro atoms. The van der Waals surface area contributed by atoms with Gasteiger partial charge in [0.1, 0.15) is 5.82 Å². The molecule has 0 atom stereocenters. The van der Waals surface area contributed by atoms with Gasteiger partial charge in [0.05, 0.1) is 5.56 Å². The zero-order chi connectivity index (χ0) is 16.5. The fraction of sp³-hybridized carbons (Fsp3) is 0.286. The smallest absolute Gasteiger partial charge is 0.348 e. The Morgan fingerprint density at radius 2 is 2.05 bits per heavy atom. The van der Waals surface area contributed by atoms with Crippen LogP contribution in [-0.4, -0.2) is 15.7 Å². The Bertz CT molecular complexity index is 707. The van der Waals surface area contributed by atoms with Gasteiger partial charge in [-0.25, -0.2) is 4.39 Å². The van der Waals surface area contributed by atoms with Gasteiger partial charge in [0.2, 0.25) is 0 Å². The summed E-state index contributed by atoms with van der Waals surface area (Å²) in [4.78, 5) is 11.9. The Morgan fingerprint density at radius 3 is 2.64 bits per heavy atom. The van der Waals surface area contributed by atoms with Crippen molar-refractivity contribution < 1.29 is 22.4 Å². The van der Waals surface area contributed by atoms with Crippen LogP contribution in [-0.2, 0) is 19.8 Å². The Morgan fingerprint density at radius 1 is 1.36 bits per heavy atom. The van der Waals surface area contributed by atoms with Gasteiger partial charge in [0, 0.05) is 19.8 Å². The van der Waals surface area contributed by atoms with Crippen LogP contribution in [0.15, 0.2) is 24.4 Å². The molecule has 0 aliphatic heterocycles. The maximum absolute atomic E-state index is 13.4. The van der Waals surface area contributed by atoms with Gasteiger partial charge in [-0.05, 0) is 24.1 Å². The highest BCUT2D eigenvalue weighted by molar-refractivity contribution is 5.95. The summed E-state index contributed by atoms with van der Waals surface area (Å²) in [5.74, 6) is -1.36. The van der Waals surface area contributed by atoms with Crippen LogP contribution in [0.4, 0.5) is 17.6 Å². The predicted octanol–water partition coefficient (Wildman–Crippen LogP) is 2.82. The monoisotopic (exact) mass is 315 g/mol. The summed E-state index contributed by atoms with van der Waals surface area (Å²) in [7, 11) is 1.29. The van der Waals surface area contributed by atoms with E-state index in [1.807, 2.05) is 0 Å². The summed E-state index contributed by atoms with van der Waals surface area (Å²) >= 11 is 0. The molecule has 0 aliphatic rings. The molecule has 0 saturated heterocycles. The maximum Gasteiger partial charge on any atom is 0.435 e. The number of nitrogens with zero attached hydrogens (tertiary/aromatic N) is 2. The number of aromatic nitrogens is 2. The van der Waals surface area contributed by atoms with E-state index in [1.54, 1.807) is 13.0 Å². The molecule has 8 heteroatoms. The molecular formula is C14H13F4N3O. The molecule has 22 heavy (non-hydrogen) atoms. The van der Waals surface area contributed by atoms with E-state index in [0.717, 1.165) is 10.9 Å². The van der Waals surface area contributed by atoms with Crippen LogP contribution >= 0.6 is 0 Å². The van der Waals surface area contributed by atoms with E-state index in [1.165, 1.54) is 19.2 Å². The summed E-state index contributed by atoms with van der Waals surface area (Å²) in [6, 6.07) is 4.35. The molecule has 1 N–H and O–H groups in total. The quantitative estimate of drug-likeness (QED) is 0.885. The first-order valence-electron chi connectivity index (χ1n) is 6.32. The van der Waals surface area contributed by atoms with Gasteiger partial charge in [0.15, 0.2) is 5.69 Å². The number of carbonyl (C=O) groups is 1. The minimum atomic E-state index is -4.72. The van der Waals surface area contributed by atoms with Crippen molar-refractivity contribution in [1.82, 2.24) is 15.1 Å². The number of carbonyl (C=O) groups excluding carboxylic acids is 1. The predicted molar refractivity (Wildman–Crippen MR) is 70.5 cm³/mol. The zero-order valence-corrected chi connectivity index (χ0v) is 11.8. The van der Waals surface area contributed by atoms with Crippen LogP contribution in [0, 0.1) is 12.7 Å². The number of nitrogens with one attached hydrogen (secondary N) is 1. The molecule has 1 aromatic heterocycles. The molecule has 0 aliphatic carbocycles. The van der Waals surface area contributed by atoms with E-state index in [2.05, 4.69) is 10.4 Å². The van der Waals surface area contributed by atoms with E-state index in [4.69, 9.17) is 0 Å². The number of alkyl halides is 3. The number of hydrogen-bond donors (Lipinski definition) is 1. The highest BCUT2D eigenvalue weighted by atomic mass is 19.4. The first kappa shape index (κ1) is 16.0. The van der Waals surface area contributed by atoms with Crippen molar-refractivity contribution in [2.45, 2.75) is 19.6 Å². The van der Waals surface area contributed by atoms with Crippen molar-refractivity contribution in [2.24, 2.45) is 7.05 Å². The number of benzene rings is 1. The minimum Gasteiger partial charge on any atom is -0.348 e. The molecule has 0 bridgehead atoms. The van der Waals surface area contributed by atoms with Crippen LogP contribution in [0.5, 0.6) is 0 Å². The first-order valence-corrected chi connectivity index (χ1v) is 6.32. The van der Waals surface area contributed by atoms with Crippen molar-refractivity contribution in [1.29, 1.82) is 0 Å². The average Bonchev–Trinajstić information content (AvgIpc) is 2.82. The Hall–Kier alpha value is -2.38. The summed E-state index contributed by atoms with van der Waals surface area (Å²) in [6.07, 6.45) is -3.72. The lowest BCUT2D eigenvalue weighted by Crippen LogP contribution is -2.25. The third kappa shape index (κ3) is 3.44. The standard InChI is InChI=1S/C14H13F4N3O/c1-8-3-4-9(5-11(8)15)6-19-13(22)10-7-21(2)20-12(10)14(16,17)18/h3-5,7H,6H2,1-2H3,(H,19,22). The van der Waals surface area contributed by atoms with Gasteiger partial charge >= 0.3 is 6.18 Å². The van der Waals surface area contributed by atoms with E-state index >= 15 is 0 Å². The topological polar surface area (TPSA) is 46.9 Å². The summed E-state index contributed by atoms with van der Waals surface area (Å²) in [6.45, 7) is 1.51. The molecule has 0 radical (unpaired) electrons. The van der Waals surface area contributed by atoms with Crippen molar-refractivity contribution in [3.63, 3.8) is 0 Å². The Labute approximate surface area is 123 Å². The number of aryl methyl sites for hydroxylation is 2. The zero-order valence-electron chi connectivity index (χ0n) is 11.8. The molecule has 1 aromatic carbocycles. The Balaban J connectivity index is 2.14. The van der Waals surface area contributed by atoms with Gasteiger partial charge in [-0.1, -0.05) is 12.1 Å². The van der Waals surface area contributed by atoms with E-state index in [9.17, 15) is 22.4 Å².